The van der Waals surface area contributed by atoms with Crippen molar-refractivity contribution in [2.75, 3.05) is 0 Å². The van der Waals surface area contributed by atoms with Gasteiger partial charge in [0.05, 0.1) is 17.5 Å². The molecule has 0 aliphatic heterocycles. The van der Waals surface area contributed by atoms with Crippen molar-refractivity contribution < 1.29 is 32.3 Å². The molecule has 3 amide bonds. The fraction of sp³-hybridized carbons (Fsp3) is 0.450. The van der Waals surface area contributed by atoms with Crippen molar-refractivity contribution in [3.05, 3.63) is 41.3 Å². The predicted octanol–water partition coefficient (Wildman–Crippen LogP) is 2.91. The summed E-state index contributed by atoms with van der Waals surface area (Å²) in [6.07, 6.45) is -0.226. The molecular formula is C20H22F3N5O4. The van der Waals surface area contributed by atoms with E-state index in [4.69, 9.17) is 4.74 Å². The lowest BCUT2D eigenvalue weighted by atomic mass is 10.2. The number of nitrogens with zero attached hydrogens (tertiary/aromatic N) is 3. The molecule has 1 aliphatic carbocycles. The van der Waals surface area contributed by atoms with Gasteiger partial charge in [-0.1, -0.05) is 12.8 Å². The van der Waals surface area contributed by atoms with E-state index in [-0.39, 0.29) is 23.1 Å². The summed E-state index contributed by atoms with van der Waals surface area (Å²) >= 11 is 0. The highest BCUT2D eigenvalue weighted by atomic mass is 19.4. The van der Waals surface area contributed by atoms with Gasteiger partial charge in [0.25, 0.3) is 5.91 Å². The fourth-order valence-corrected chi connectivity index (χ4v) is 3.30. The van der Waals surface area contributed by atoms with Crippen LogP contribution in [0, 0.1) is 6.92 Å². The minimum absolute atomic E-state index is 0.00163. The van der Waals surface area contributed by atoms with Gasteiger partial charge in [-0.2, -0.15) is 18.3 Å². The number of pyridine rings is 1. The van der Waals surface area contributed by atoms with E-state index >= 15 is 0 Å². The molecule has 0 radical (unpaired) electrons. The molecule has 12 heteroatoms. The molecule has 2 aromatic rings. The van der Waals surface area contributed by atoms with Crippen molar-refractivity contribution in [1.82, 2.24) is 25.4 Å². The van der Waals surface area contributed by atoms with Gasteiger partial charge in [0, 0.05) is 12.2 Å². The summed E-state index contributed by atoms with van der Waals surface area (Å²) in [6, 6.07) is 1.34. The smallest absolute Gasteiger partial charge is 0.417 e. The van der Waals surface area contributed by atoms with Crippen LogP contribution in [0.3, 0.4) is 0 Å². The van der Waals surface area contributed by atoms with Gasteiger partial charge in [0.1, 0.15) is 5.56 Å². The molecular weight excluding hydrogens is 431 g/mol. The Morgan fingerprint density at radius 3 is 2.47 bits per heavy atom. The zero-order chi connectivity index (χ0) is 23.5. The Kier molecular flexibility index (Phi) is 6.80. The van der Waals surface area contributed by atoms with E-state index < -0.39 is 35.8 Å². The molecule has 0 saturated heterocycles. The number of urea groups is 1. The van der Waals surface area contributed by atoms with Crippen LogP contribution in [0.1, 0.15) is 54.2 Å². The molecule has 0 aromatic carbocycles. The second kappa shape index (κ2) is 9.37. The Balaban J connectivity index is 1.61. The number of halogens is 3. The van der Waals surface area contributed by atoms with Gasteiger partial charge in [-0.05, 0) is 38.8 Å². The van der Waals surface area contributed by atoms with Crippen molar-refractivity contribution in [1.29, 1.82) is 0 Å². The van der Waals surface area contributed by atoms with Crippen LogP contribution in [0.15, 0.2) is 24.5 Å². The highest BCUT2D eigenvalue weighted by Crippen LogP contribution is 2.29. The maximum atomic E-state index is 12.7. The number of esters is 1. The number of imide groups is 1. The minimum atomic E-state index is -4.52. The number of hydrogen-bond acceptors (Lipinski definition) is 6. The topological polar surface area (TPSA) is 115 Å². The SMILES string of the molecule is Cc1c(C(=O)OC(C)C(=O)NC(=O)NC2CCCC2)cnn1-c1ccc(C(F)(F)F)cn1. The maximum absolute atomic E-state index is 12.7. The maximum Gasteiger partial charge on any atom is 0.417 e. The average Bonchev–Trinajstić information content (AvgIpc) is 3.36. The molecule has 1 fully saturated rings. The number of carbonyl (C=O) groups is 3. The van der Waals surface area contributed by atoms with Crippen molar-refractivity contribution in [2.24, 2.45) is 0 Å². The number of hydrogen-bond donors (Lipinski definition) is 2. The highest BCUT2D eigenvalue weighted by Gasteiger charge is 2.31. The number of nitrogens with one attached hydrogen (secondary N) is 2. The third kappa shape index (κ3) is 5.42. The molecule has 1 saturated carbocycles. The Morgan fingerprint density at radius 2 is 1.88 bits per heavy atom. The molecule has 2 heterocycles. The molecule has 1 aliphatic rings. The molecule has 1 unspecified atom stereocenters. The molecule has 9 nitrogen and oxygen atoms in total. The number of rotatable bonds is 5. The first-order valence-corrected chi connectivity index (χ1v) is 9.97. The standard InChI is InChI=1S/C20H22F3N5O4/c1-11-15(10-25-28(11)16-8-7-13(9-24-16)20(21,22)23)18(30)32-12(2)17(29)27-19(31)26-14-5-3-4-6-14/h7-10,12,14H,3-6H2,1-2H3,(H2,26,27,29,31). The van der Waals surface area contributed by atoms with Gasteiger partial charge in [-0.3, -0.25) is 10.1 Å². The molecule has 0 spiro atoms. The van der Waals surface area contributed by atoms with E-state index in [0.29, 0.717) is 6.20 Å². The van der Waals surface area contributed by atoms with Gasteiger partial charge in [0.15, 0.2) is 11.9 Å². The predicted molar refractivity (Wildman–Crippen MR) is 105 cm³/mol. The van der Waals surface area contributed by atoms with Gasteiger partial charge in [-0.25, -0.2) is 19.3 Å². The second-order valence-electron chi connectivity index (χ2n) is 7.45. The second-order valence-corrected chi connectivity index (χ2v) is 7.45. The van der Waals surface area contributed by atoms with Crippen molar-refractivity contribution in [3.8, 4) is 5.82 Å². The number of alkyl halides is 3. The van der Waals surface area contributed by atoms with E-state index in [1.54, 1.807) is 0 Å². The Bertz CT molecular complexity index is 998. The zero-order valence-corrected chi connectivity index (χ0v) is 17.4. The summed E-state index contributed by atoms with van der Waals surface area (Å²) in [5.74, 6) is -1.59. The summed E-state index contributed by atoms with van der Waals surface area (Å²) in [6.45, 7) is 2.82. The fourth-order valence-electron chi connectivity index (χ4n) is 3.30. The lowest BCUT2D eigenvalue weighted by Gasteiger charge is -2.15. The molecule has 2 N–H and O–H groups in total. The Labute approximate surface area is 181 Å². The van der Waals surface area contributed by atoms with Crippen LogP contribution in [0.5, 0.6) is 0 Å². The lowest BCUT2D eigenvalue weighted by Crippen LogP contribution is -2.47. The van der Waals surface area contributed by atoms with Gasteiger partial charge in [-0.15, -0.1) is 0 Å². The van der Waals surface area contributed by atoms with E-state index in [1.165, 1.54) is 18.5 Å². The normalized spacial score (nSPS) is 15.3. The van der Waals surface area contributed by atoms with E-state index in [9.17, 15) is 27.6 Å². The van der Waals surface area contributed by atoms with Crippen LogP contribution in [-0.2, 0) is 15.7 Å². The molecule has 32 heavy (non-hydrogen) atoms. The third-order valence-electron chi connectivity index (χ3n) is 5.10. The minimum Gasteiger partial charge on any atom is -0.449 e. The Morgan fingerprint density at radius 1 is 1.19 bits per heavy atom. The first-order valence-electron chi connectivity index (χ1n) is 9.97. The Hall–Kier alpha value is -3.44. The molecule has 172 valence electrons. The van der Waals surface area contributed by atoms with E-state index in [0.717, 1.165) is 44.0 Å². The summed E-state index contributed by atoms with van der Waals surface area (Å²) in [7, 11) is 0. The summed E-state index contributed by atoms with van der Waals surface area (Å²) in [5.41, 5.74) is -0.655. The zero-order valence-electron chi connectivity index (χ0n) is 17.4. The lowest BCUT2D eigenvalue weighted by molar-refractivity contribution is -0.137. The summed E-state index contributed by atoms with van der Waals surface area (Å²) in [5, 5.41) is 8.79. The highest BCUT2D eigenvalue weighted by molar-refractivity contribution is 5.98. The van der Waals surface area contributed by atoms with Gasteiger partial charge in [0.2, 0.25) is 0 Å². The average molecular weight is 453 g/mol. The van der Waals surface area contributed by atoms with Crippen LogP contribution in [-0.4, -0.2) is 44.8 Å². The number of ether oxygens (including phenoxy) is 1. The number of carbonyl (C=O) groups excluding carboxylic acids is 3. The van der Waals surface area contributed by atoms with Crippen molar-refractivity contribution >= 4 is 17.9 Å². The molecule has 2 aromatic heterocycles. The quantitative estimate of drug-likeness (QED) is 0.673. The van der Waals surface area contributed by atoms with Crippen molar-refractivity contribution in [2.45, 2.75) is 57.9 Å². The molecule has 3 rings (SSSR count). The van der Waals surface area contributed by atoms with Crippen LogP contribution in [0.2, 0.25) is 0 Å². The summed E-state index contributed by atoms with van der Waals surface area (Å²) < 4.78 is 44.4. The molecule has 1 atom stereocenters. The van der Waals surface area contributed by atoms with Crippen LogP contribution in [0.4, 0.5) is 18.0 Å². The number of aromatic nitrogens is 3. The van der Waals surface area contributed by atoms with Gasteiger partial charge >= 0.3 is 18.2 Å². The summed E-state index contributed by atoms with van der Waals surface area (Å²) in [4.78, 5) is 40.2. The van der Waals surface area contributed by atoms with E-state index in [1.807, 2.05) is 0 Å². The van der Waals surface area contributed by atoms with Gasteiger partial charge < -0.3 is 10.1 Å². The first kappa shape index (κ1) is 23.2. The number of amides is 3. The monoisotopic (exact) mass is 453 g/mol. The van der Waals surface area contributed by atoms with Crippen LogP contribution in [0.25, 0.3) is 5.82 Å². The van der Waals surface area contributed by atoms with E-state index in [2.05, 4.69) is 20.7 Å². The molecule has 0 bridgehead atoms. The van der Waals surface area contributed by atoms with Crippen LogP contribution < -0.4 is 10.6 Å². The van der Waals surface area contributed by atoms with Crippen LogP contribution >= 0.6 is 0 Å². The van der Waals surface area contributed by atoms with Crippen molar-refractivity contribution in [3.63, 3.8) is 0 Å². The first-order chi connectivity index (χ1) is 15.1. The third-order valence-corrected chi connectivity index (χ3v) is 5.10. The largest absolute Gasteiger partial charge is 0.449 e.